The number of amides is 4. The van der Waals surface area contributed by atoms with E-state index in [-0.39, 0.29) is 53.7 Å². The molecule has 4 rings (SSSR count). The lowest BCUT2D eigenvalue weighted by Crippen LogP contribution is -2.45. The predicted molar refractivity (Wildman–Crippen MR) is 117 cm³/mol. The summed E-state index contributed by atoms with van der Waals surface area (Å²) in [5.41, 5.74) is 1.07. The van der Waals surface area contributed by atoms with Crippen molar-refractivity contribution in [2.45, 2.75) is 31.1 Å². The number of phenols is 1. The molecule has 3 aliphatic heterocycles. The Morgan fingerprint density at radius 1 is 1.09 bits per heavy atom. The van der Waals surface area contributed by atoms with Crippen LogP contribution in [0.15, 0.2) is 36.4 Å². The molecule has 2 saturated heterocycles. The number of imide groups is 1. The number of hydrogen-bond acceptors (Lipinski definition) is 6. The maximum atomic E-state index is 12.6. The number of nitrogens with zero attached hydrogens (tertiary/aromatic N) is 2. The molecule has 3 N–H and O–H groups in total. The molecule has 5 atom stereocenters. The summed E-state index contributed by atoms with van der Waals surface area (Å²) < 4.78 is 5.63. The number of phenolic OH excluding ortho intramolecular Hbond substituents is 1. The zero-order valence-corrected chi connectivity index (χ0v) is 18.4. The summed E-state index contributed by atoms with van der Waals surface area (Å²) >= 11 is 0. The SMILES string of the molecule is CN(C)[C@H](CNC(=O)NCCCN1C(=O)C2C3C=CC(O3)C2C1=O)Cc1ccc(O)cc1. The minimum absolute atomic E-state index is 0.0933. The number of aromatic hydroxyl groups is 1. The average Bonchev–Trinajstić information content (AvgIpc) is 3.44. The Balaban J connectivity index is 1.17. The summed E-state index contributed by atoms with van der Waals surface area (Å²) in [6, 6.07) is 6.85. The van der Waals surface area contributed by atoms with Crippen molar-refractivity contribution < 1.29 is 24.2 Å². The lowest BCUT2D eigenvalue weighted by Gasteiger charge is -2.25. The fourth-order valence-electron chi connectivity index (χ4n) is 4.64. The number of likely N-dealkylation sites (N-methyl/N-ethyl adjacent to an activating group) is 1. The molecule has 172 valence electrons. The fourth-order valence-corrected chi connectivity index (χ4v) is 4.64. The maximum absolute atomic E-state index is 12.6. The number of carbonyl (C=O) groups excluding carboxylic acids is 3. The third kappa shape index (κ3) is 4.49. The maximum Gasteiger partial charge on any atom is 0.314 e. The standard InChI is InChI=1S/C23H30N4O5/c1-26(2)15(12-14-4-6-16(28)7-5-14)13-25-23(31)24-10-3-11-27-21(29)19-17-8-9-18(32-17)20(19)22(27)30/h4-9,15,17-20,28H,3,10-13H2,1-2H3,(H2,24,25,31)/t15-,17?,18?,19?,20?/m0/s1. The number of hydrogen-bond donors (Lipinski definition) is 3. The molecule has 2 fully saturated rings. The Hall–Kier alpha value is -2.91. The summed E-state index contributed by atoms with van der Waals surface area (Å²) in [5.74, 6) is -0.866. The normalized spacial score (nSPS) is 26.7. The van der Waals surface area contributed by atoms with Gasteiger partial charge in [0.15, 0.2) is 0 Å². The van der Waals surface area contributed by atoms with Gasteiger partial charge < -0.3 is 25.4 Å². The number of likely N-dealkylation sites (tertiary alicyclic amines) is 1. The van der Waals surface area contributed by atoms with E-state index >= 15 is 0 Å². The van der Waals surface area contributed by atoms with E-state index in [0.717, 1.165) is 12.0 Å². The van der Waals surface area contributed by atoms with Crippen LogP contribution in [0.1, 0.15) is 12.0 Å². The first-order chi connectivity index (χ1) is 15.3. The fraction of sp³-hybridized carbons (Fsp3) is 0.522. The van der Waals surface area contributed by atoms with Gasteiger partial charge in [0.2, 0.25) is 11.8 Å². The first kappa shape index (κ1) is 22.3. The van der Waals surface area contributed by atoms with Crippen molar-refractivity contribution in [2.75, 3.05) is 33.7 Å². The van der Waals surface area contributed by atoms with Gasteiger partial charge in [0.25, 0.3) is 0 Å². The van der Waals surface area contributed by atoms with E-state index in [4.69, 9.17) is 4.74 Å². The molecular formula is C23H30N4O5. The van der Waals surface area contributed by atoms with Gasteiger partial charge in [-0.1, -0.05) is 24.3 Å². The van der Waals surface area contributed by atoms with Gasteiger partial charge >= 0.3 is 6.03 Å². The van der Waals surface area contributed by atoms with E-state index in [2.05, 4.69) is 10.6 Å². The quantitative estimate of drug-likeness (QED) is 0.292. The average molecular weight is 443 g/mol. The van der Waals surface area contributed by atoms with Gasteiger partial charge in [0.1, 0.15) is 5.75 Å². The second kappa shape index (κ2) is 9.30. The van der Waals surface area contributed by atoms with Crippen molar-refractivity contribution in [1.29, 1.82) is 0 Å². The zero-order chi connectivity index (χ0) is 22.8. The highest BCUT2D eigenvalue weighted by Gasteiger charge is 2.60. The molecule has 2 bridgehead atoms. The molecule has 0 aliphatic carbocycles. The van der Waals surface area contributed by atoms with Crippen molar-refractivity contribution in [3.8, 4) is 5.75 Å². The van der Waals surface area contributed by atoms with Gasteiger partial charge in [-0.05, 0) is 44.6 Å². The van der Waals surface area contributed by atoms with Crippen molar-refractivity contribution in [1.82, 2.24) is 20.4 Å². The van der Waals surface area contributed by atoms with E-state index in [1.165, 1.54) is 4.90 Å². The molecule has 0 spiro atoms. The molecule has 4 amide bonds. The number of rotatable bonds is 9. The minimum atomic E-state index is -0.384. The summed E-state index contributed by atoms with van der Waals surface area (Å²) in [5, 5.41) is 15.1. The molecule has 9 nitrogen and oxygen atoms in total. The van der Waals surface area contributed by atoms with Crippen LogP contribution >= 0.6 is 0 Å². The highest BCUT2D eigenvalue weighted by molar-refractivity contribution is 6.06. The van der Waals surface area contributed by atoms with E-state index in [0.29, 0.717) is 26.1 Å². The first-order valence-corrected chi connectivity index (χ1v) is 11.0. The van der Waals surface area contributed by atoms with Crippen molar-refractivity contribution in [3.63, 3.8) is 0 Å². The van der Waals surface area contributed by atoms with Gasteiger partial charge in [-0.25, -0.2) is 4.79 Å². The molecule has 4 unspecified atom stereocenters. The van der Waals surface area contributed by atoms with Gasteiger partial charge in [-0.2, -0.15) is 0 Å². The number of fused-ring (bicyclic) bond motifs is 5. The third-order valence-electron chi connectivity index (χ3n) is 6.48. The minimum Gasteiger partial charge on any atom is -0.508 e. The number of carbonyl (C=O) groups is 3. The molecule has 1 aromatic carbocycles. The van der Waals surface area contributed by atoms with E-state index in [1.54, 1.807) is 12.1 Å². The topological polar surface area (TPSA) is 111 Å². The van der Waals surface area contributed by atoms with Crippen LogP contribution in [0.25, 0.3) is 0 Å². The predicted octanol–water partition coefficient (Wildman–Crippen LogP) is 0.493. The van der Waals surface area contributed by atoms with E-state index < -0.39 is 0 Å². The van der Waals surface area contributed by atoms with Crippen LogP contribution < -0.4 is 10.6 Å². The van der Waals surface area contributed by atoms with Crippen molar-refractivity contribution in [2.24, 2.45) is 11.8 Å². The van der Waals surface area contributed by atoms with Crippen LogP contribution in [0, 0.1) is 11.8 Å². The number of urea groups is 1. The Bertz CT molecular complexity index is 870. The smallest absolute Gasteiger partial charge is 0.314 e. The third-order valence-corrected chi connectivity index (χ3v) is 6.48. The van der Waals surface area contributed by atoms with Gasteiger partial charge in [-0.3, -0.25) is 14.5 Å². The lowest BCUT2D eigenvalue weighted by atomic mass is 9.85. The van der Waals surface area contributed by atoms with Crippen LogP contribution in [0.5, 0.6) is 5.75 Å². The summed E-state index contributed by atoms with van der Waals surface area (Å²) in [4.78, 5) is 40.8. The molecular weight excluding hydrogens is 412 g/mol. The summed E-state index contributed by atoms with van der Waals surface area (Å²) in [6.07, 6.45) is 4.42. The number of nitrogens with one attached hydrogen (secondary N) is 2. The molecule has 3 heterocycles. The Labute approximate surface area is 187 Å². The van der Waals surface area contributed by atoms with Crippen LogP contribution in [0.2, 0.25) is 0 Å². The van der Waals surface area contributed by atoms with Gasteiger partial charge in [0.05, 0.1) is 24.0 Å². The summed E-state index contributed by atoms with van der Waals surface area (Å²) in [7, 11) is 3.91. The van der Waals surface area contributed by atoms with Crippen LogP contribution in [0.3, 0.4) is 0 Å². The Kier molecular flexibility index (Phi) is 6.48. The molecule has 1 aromatic rings. The molecule has 32 heavy (non-hydrogen) atoms. The highest BCUT2D eigenvalue weighted by Crippen LogP contribution is 2.44. The van der Waals surface area contributed by atoms with Crippen molar-refractivity contribution in [3.05, 3.63) is 42.0 Å². The molecule has 3 aliphatic rings. The van der Waals surface area contributed by atoms with Crippen LogP contribution in [-0.2, 0) is 20.7 Å². The number of benzene rings is 1. The lowest BCUT2D eigenvalue weighted by molar-refractivity contribution is -0.142. The van der Waals surface area contributed by atoms with Gasteiger partial charge in [-0.15, -0.1) is 0 Å². The van der Waals surface area contributed by atoms with Crippen LogP contribution in [-0.4, -0.2) is 84.7 Å². The van der Waals surface area contributed by atoms with Crippen LogP contribution in [0.4, 0.5) is 4.79 Å². The van der Waals surface area contributed by atoms with E-state index in [9.17, 15) is 19.5 Å². The number of ether oxygens (including phenoxy) is 1. The van der Waals surface area contributed by atoms with E-state index in [1.807, 2.05) is 43.3 Å². The first-order valence-electron chi connectivity index (χ1n) is 11.0. The Morgan fingerprint density at radius 3 is 2.31 bits per heavy atom. The highest BCUT2D eigenvalue weighted by atomic mass is 16.5. The molecule has 0 aromatic heterocycles. The molecule has 9 heteroatoms. The van der Waals surface area contributed by atoms with Crippen molar-refractivity contribution >= 4 is 17.8 Å². The Morgan fingerprint density at radius 2 is 1.72 bits per heavy atom. The summed E-state index contributed by atoms with van der Waals surface area (Å²) in [6.45, 7) is 1.12. The second-order valence-electron chi connectivity index (χ2n) is 8.81. The molecule has 0 radical (unpaired) electrons. The largest absolute Gasteiger partial charge is 0.508 e. The van der Waals surface area contributed by atoms with Gasteiger partial charge in [0, 0.05) is 25.7 Å². The monoisotopic (exact) mass is 442 g/mol. The molecule has 0 saturated carbocycles. The second-order valence-corrected chi connectivity index (χ2v) is 8.81. The zero-order valence-electron chi connectivity index (χ0n) is 18.4.